The lowest BCUT2D eigenvalue weighted by Gasteiger charge is -2.19. The molecule has 0 radical (unpaired) electrons. The lowest BCUT2D eigenvalue weighted by atomic mass is 10.2. The van der Waals surface area contributed by atoms with E-state index in [4.69, 9.17) is 9.84 Å². The quantitative estimate of drug-likeness (QED) is 0.741. The van der Waals surface area contributed by atoms with Crippen molar-refractivity contribution in [2.24, 2.45) is 0 Å². The summed E-state index contributed by atoms with van der Waals surface area (Å²) < 4.78 is 18.3. The minimum absolute atomic E-state index is 0.0845. The van der Waals surface area contributed by atoms with Crippen LogP contribution in [0.4, 0.5) is 14.9 Å². The molecule has 2 amide bonds. The Hall–Kier alpha value is -2.31. The maximum absolute atomic E-state index is 13.3. The average Bonchev–Trinajstić information content (AvgIpc) is 2.28. The van der Waals surface area contributed by atoms with Gasteiger partial charge in [-0.05, 0) is 32.9 Å². The molecule has 0 bridgehead atoms. The number of halogens is 1. The monoisotopic (exact) mass is 284 g/mol. The van der Waals surface area contributed by atoms with Crippen molar-refractivity contribution in [2.45, 2.75) is 26.4 Å². The summed E-state index contributed by atoms with van der Waals surface area (Å²) >= 11 is 0. The number of amides is 2. The fourth-order valence-corrected chi connectivity index (χ4v) is 1.27. The molecule has 1 aromatic rings. The summed E-state index contributed by atoms with van der Waals surface area (Å²) in [6, 6.07) is 3.33. The van der Waals surface area contributed by atoms with Gasteiger partial charge in [-0.25, -0.2) is 9.18 Å². The molecule has 3 N–H and O–H groups in total. The van der Waals surface area contributed by atoms with Crippen LogP contribution in [0.3, 0.4) is 0 Å². The van der Waals surface area contributed by atoms with E-state index >= 15 is 0 Å². The standard InChI is InChI=1S/C13H17FN2O4/c1-13(2,3)20-12(19)15-7-11(18)16-10-5-4-8(17)6-9(10)14/h4-6,17H,7H2,1-3H3,(H,15,19)(H,16,18). The second-order valence-electron chi connectivity index (χ2n) is 5.07. The van der Waals surface area contributed by atoms with Gasteiger partial charge in [0, 0.05) is 6.07 Å². The second-order valence-corrected chi connectivity index (χ2v) is 5.07. The van der Waals surface area contributed by atoms with Gasteiger partial charge in [-0.3, -0.25) is 4.79 Å². The van der Waals surface area contributed by atoms with Gasteiger partial charge < -0.3 is 20.5 Å². The summed E-state index contributed by atoms with van der Waals surface area (Å²) in [6.07, 6.45) is -0.737. The van der Waals surface area contributed by atoms with Crippen LogP contribution in [0.25, 0.3) is 0 Å². The van der Waals surface area contributed by atoms with Crippen molar-refractivity contribution in [1.82, 2.24) is 5.32 Å². The van der Waals surface area contributed by atoms with Crippen LogP contribution >= 0.6 is 0 Å². The van der Waals surface area contributed by atoms with Gasteiger partial charge in [0.2, 0.25) is 5.91 Å². The predicted molar refractivity (Wildman–Crippen MR) is 70.9 cm³/mol. The first kappa shape index (κ1) is 15.7. The Bertz CT molecular complexity index is 512. The Morgan fingerprint density at radius 3 is 2.55 bits per heavy atom. The zero-order chi connectivity index (χ0) is 15.3. The van der Waals surface area contributed by atoms with Crippen LogP contribution in [0.5, 0.6) is 5.75 Å². The molecule has 1 rings (SSSR count). The SMILES string of the molecule is CC(C)(C)OC(=O)NCC(=O)Nc1ccc(O)cc1F. The van der Waals surface area contributed by atoms with Crippen LogP contribution < -0.4 is 10.6 Å². The maximum Gasteiger partial charge on any atom is 0.408 e. The van der Waals surface area contributed by atoms with Gasteiger partial charge in [-0.15, -0.1) is 0 Å². The molecule has 0 aliphatic rings. The summed E-state index contributed by atoms with van der Waals surface area (Å²) in [5.41, 5.74) is -0.748. The van der Waals surface area contributed by atoms with E-state index in [2.05, 4.69) is 10.6 Å². The summed E-state index contributed by atoms with van der Waals surface area (Å²) in [7, 11) is 0. The Labute approximate surface area is 115 Å². The number of alkyl carbamates (subject to hydrolysis) is 1. The third-order valence-corrected chi connectivity index (χ3v) is 2.02. The molecular weight excluding hydrogens is 267 g/mol. The normalized spacial score (nSPS) is 10.8. The number of phenolic OH excluding ortho intramolecular Hbond substituents is 1. The van der Waals surface area contributed by atoms with Gasteiger partial charge in [-0.1, -0.05) is 0 Å². The molecule has 110 valence electrons. The molecule has 20 heavy (non-hydrogen) atoms. The molecule has 0 saturated heterocycles. The molecule has 0 aliphatic heterocycles. The Balaban J connectivity index is 2.46. The van der Waals surface area contributed by atoms with E-state index in [9.17, 15) is 14.0 Å². The molecule has 0 spiro atoms. The Morgan fingerprint density at radius 1 is 1.35 bits per heavy atom. The molecule has 0 atom stereocenters. The fraction of sp³-hybridized carbons (Fsp3) is 0.385. The molecule has 0 aromatic heterocycles. The maximum atomic E-state index is 13.3. The van der Waals surface area contributed by atoms with Crippen molar-refractivity contribution in [1.29, 1.82) is 0 Å². The van der Waals surface area contributed by atoms with E-state index in [1.54, 1.807) is 20.8 Å². The third kappa shape index (κ3) is 5.55. The summed E-state index contributed by atoms with van der Waals surface area (Å²) in [5, 5.41) is 13.5. The number of benzene rings is 1. The number of hydrogen-bond acceptors (Lipinski definition) is 4. The van der Waals surface area contributed by atoms with Crippen molar-refractivity contribution in [3.05, 3.63) is 24.0 Å². The number of aromatic hydroxyl groups is 1. The molecule has 7 heteroatoms. The van der Waals surface area contributed by atoms with E-state index in [1.807, 2.05) is 0 Å². The van der Waals surface area contributed by atoms with Crippen LogP contribution in [0.1, 0.15) is 20.8 Å². The van der Waals surface area contributed by atoms with E-state index in [1.165, 1.54) is 12.1 Å². The molecule has 0 saturated carbocycles. The van der Waals surface area contributed by atoms with Crippen molar-refractivity contribution in [2.75, 3.05) is 11.9 Å². The van der Waals surface area contributed by atoms with Crippen LogP contribution in [0.15, 0.2) is 18.2 Å². The zero-order valence-corrected chi connectivity index (χ0v) is 11.5. The van der Waals surface area contributed by atoms with E-state index < -0.39 is 23.4 Å². The number of hydrogen-bond donors (Lipinski definition) is 3. The minimum atomic E-state index is -0.768. The van der Waals surface area contributed by atoms with Gasteiger partial charge in [0.05, 0.1) is 5.69 Å². The lowest BCUT2D eigenvalue weighted by Crippen LogP contribution is -2.37. The predicted octanol–water partition coefficient (Wildman–Crippen LogP) is 1.99. The van der Waals surface area contributed by atoms with Crippen molar-refractivity contribution in [3.63, 3.8) is 0 Å². The number of nitrogens with one attached hydrogen (secondary N) is 2. The highest BCUT2D eigenvalue weighted by Crippen LogP contribution is 2.19. The molecule has 0 heterocycles. The first-order valence-corrected chi connectivity index (χ1v) is 5.92. The number of carbonyl (C=O) groups is 2. The summed E-state index contributed by atoms with van der Waals surface area (Å²) in [5.74, 6) is -1.62. The molecular formula is C13H17FN2O4. The summed E-state index contributed by atoms with van der Waals surface area (Å²) in [6.45, 7) is 4.73. The van der Waals surface area contributed by atoms with Gasteiger partial charge in [0.15, 0.2) is 0 Å². The first-order valence-electron chi connectivity index (χ1n) is 5.92. The lowest BCUT2D eigenvalue weighted by molar-refractivity contribution is -0.115. The van der Waals surface area contributed by atoms with E-state index in [-0.39, 0.29) is 18.0 Å². The van der Waals surface area contributed by atoms with Crippen molar-refractivity contribution < 1.29 is 23.8 Å². The molecule has 1 aromatic carbocycles. The average molecular weight is 284 g/mol. The van der Waals surface area contributed by atoms with Crippen molar-refractivity contribution in [3.8, 4) is 5.75 Å². The molecule has 0 aliphatic carbocycles. The number of rotatable bonds is 3. The first-order chi connectivity index (χ1) is 9.17. The van der Waals surface area contributed by atoms with Crippen LogP contribution in [0.2, 0.25) is 0 Å². The van der Waals surface area contributed by atoms with E-state index in [0.717, 1.165) is 6.07 Å². The summed E-state index contributed by atoms with van der Waals surface area (Å²) in [4.78, 5) is 22.8. The van der Waals surface area contributed by atoms with Gasteiger partial charge in [-0.2, -0.15) is 0 Å². The number of phenols is 1. The minimum Gasteiger partial charge on any atom is -0.508 e. The van der Waals surface area contributed by atoms with Gasteiger partial charge in [0.25, 0.3) is 0 Å². The number of anilines is 1. The zero-order valence-electron chi connectivity index (χ0n) is 11.5. The third-order valence-electron chi connectivity index (χ3n) is 2.02. The number of carbonyl (C=O) groups excluding carboxylic acids is 2. The highest BCUT2D eigenvalue weighted by molar-refractivity contribution is 5.94. The highest BCUT2D eigenvalue weighted by Gasteiger charge is 2.16. The van der Waals surface area contributed by atoms with Gasteiger partial charge in [0.1, 0.15) is 23.7 Å². The molecule has 0 fully saturated rings. The van der Waals surface area contributed by atoms with E-state index in [0.29, 0.717) is 0 Å². The van der Waals surface area contributed by atoms with Crippen molar-refractivity contribution >= 4 is 17.7 Å². The van der Waals surface area contributed by atoms with Gasteiger partial charge >= 0.3 is 6.09 Å². The van der Waals surface area contributed by atoms with Crippen LogP contribution in [-0.2, 0) is 9.53 Å². The Kier molecular flexibility index (Phi) is 4.90. The van der Waals surface area contributed by atoms with Crippen LogP contribution in [-0.4, -0.2) is 29.3 Å². The molecule has 6 nitrogen and oxygen atoms in total. The topological polar surface area (TPSA) is 87.7 Å². The Morgan fingerprint density at radius 2 is 2.00 bits per heavy atom. The highest BCUT2D eigenvalue weighted by atomic mass is 19.1. The van der Waals surface area contributed by atoms with Crippen LogP contribution in [0, 0.1) is 5.82 Å². The molecule has 0 unspecified atom stereocenters. The number of ether oxygens (including phenoxy) is 1. The largest absolute Gasteiger partial charge is 0.508 e. The second kappa shape index (κ2) is 6.23. The smallest absolute Gasteiger partial charge is 0.408 e. The fourth-order valence-electron chi connectivity index (χ4n) is 1.27.